The summed E-state index contributed by atoms with van der Waals surface area (Å²) >= 11 is 0. The minimum absolute atomic E-state index is 0. The molecule has 0 unspecified atom stereocenters. The van der Waals surface area contributed by atoms with Crippen LogP contribution in [0.3, 0.4) is 0 Å². The zero-order valence-corrected chi connectivity index (χ0v) is 18.2. The third kappa shape index (κ3) is 45.1. The van der Waals surface area contributed by atoms with Crippen LogP contribution in [0.5, 0.6) is 0 Å². The molecule has 0 saturated carbocycles. The molecule has 0 rings (SSSR count). The van der Waals surface area contributed by atoms with E-state index in [2.05, 4.69) is 21.3 Å². The van der Waals surface area contributed by atoms with Gasteiger partial charge in [0, 0.05) is 52.4 Å². The molecular formula is C12H32Cl2N4O4Zn. The molecule has 0 spiro atoms. The summed E-state index contributed by atoms with van der Waals surface area (Å²) in [6.07, 6.45) is 0. The molecule has 0 bridgehead atoms. The van der Waals surface area contributed by atoms with Crippen LogP contribution in [0.25, 0.3) is 0 Å². The van der Waals surface area contributed by atoms with Crippen molar-refractivity contribution in [2.45, 2.75) is 0 Å². The smallest absolute Gasteiger partial charge is 1.00 e. The van der Waals surface area contributed by atoms with E-state index in [9.17, 15) is 0 Å². The number of halogens is 2. The molecule has 0 fully saturated rings. The second-order valence-electron chi connectivity index (χ2n) is 3.89. The molecule has 23 heavy (non-hydrogen) atoms. The van der Waals surface area contributed by atoms with E-state index in [1.54, 1.807) is 0 Å². The van der Waals surface area contributed by atoms with E-state index in [4.69, 9.17) is 20.4 Å². The molecule has 0 saturated heterocycles. The minimum Gasteiger partial charge on any atom is -1.00 e. The maximum Gasteiger partial charge on any atom is 2.00 e. The molecule has 0 aliphatic carbocycles. The van der Waals surface area contributed by atoms with Crippen LogP contribution in [-0.2, 0) is 19.5 Å². The van der Waals surface area contributed by atoms with E-state index < -0.39 is 0 Å². The predicted molar refractivity (Wildman–Crippen MR) is 79.8 cm³/mol. The van der Waals surface area contributed by atoms with Crippen LogP contribution < -0.4 is 46.1 Å². The summed E-state index contributed by atoms with van der Waals surface area (Å²) in [7, 11) is 0. The van der Waals surface area contributed by atoms with E-state index >= 15 is 0 Å². The Balaban J connectivity index is -0.0000000831. The van der Waals surface area contributed by atoms with Gasteiger partial charge in [-0.1, -0.05) is 0 Å². The van der Waals surface area contributed by atoms with E-state index in [1.165, 1.54) is 0 Å². The Labute approximate surface area is 164 Å². The van der Waals surface area contributed by atoms with Crippen LogP contribution >= 0.6 is 0 Å². The van der Waals surface area contributed by atoms with Crippen LogP contribution in [0, 0.1) is 0 Å². The molecule has 0 heterocycles. The van der Waals surface area contributed by atoms with Crippen molar-refractivity contribution in [1.29, 1.82) is 0 Å². The first-order valence-electron chi connectivity index (χ1n) is 7.09. The molecule has 8 N–H and O–H groups in total. The van der Waals surface area contributed by atoms with Gasteiger partial charge in [0.2, 0.25) is 0 Å². The van der Waals surface area contributed by atoms with Gasteiger partial charge in [0.25, 0.3) is 0 Å². The average Bonchev–Trinajstić information content (AvgIpc) is 2.47. The molecule has 0 aliphatic heterocycles. The van der Waals surface area contributed by atoms with Crippen molar-refractivity contribution >= 4 is 0 Å². The predicted octanol–water partition coefficient (Wildman–Crippen LogP) is -9.69. The Morgan fingerprint density at radius 3 is 0.696 bits per heavy atom. The molecule has 0 amide bonds. The van der Waals surface area contributed by atoms with Gasteiger partial charge < -0.3 is 66.5 Å². The summed E-state index contributed by atoms with van der Waals surface area (Å²) in [5, 5.41) is 45.4. The fourth-order valence-electron chi connectivity index (χ4n) is 1.17. The summed E-state index contributed by atoms with van der Waals surface area (Å²) < 4.78 is 0. The average molecular weight is 433 g/mol. The largest absolute Gasteiger partial charge is 2.00 e. The summed E-state index contributed by atoms with van der Waals surface area (Å²) in [5.74, 6) is 0. The second-order valence-corrected chi connectivity index (χ2v) is 3.89. The van der Waals surface area contributed by atoms with Gasteiger partial charge in [-0.25, -0.2) is 0 Å². The van der Waals surface area contributed by atoms with Crippen molar-refractivity contribution in [1.82, 2.24) is 21.3 Å². The molecule has 0 aromatic rings. The SMILES string of the molecule is OCCNCCNCCO.OCCNCCNCCO.[Cl-].[Cl-].[Zn+2]. The molecule has 140 valence electrons. The van der Waals surface area contributed by atoms with Crippen LogP contribution in [-0.4, -0.2) is 99.2 Å². The van der Waals surface area contributed by atoms with Gasteiger partial charge >= 0.3 is 19.5 Å². The van der Waals surface area contributed by atoms with E-state index in [0.717, 1.165) is 26.2 Å². The van der Waals surface area contributed by atoms with Crippen LogP contribution in [0.15, 0.2) is 0 Å². The zero-order valence-electron chi connectivity index (χ0n) is 13.7. The fraction of sp³-hybridized carbons (Fsp3) is 1.00. The number of rotatable bonds is 14. The maximum atomic E-state index is 8.35. The Morgan fingerprint density at radius 1 is 0.391 bits per heavy atom. The van der Waals surface area contributed by atoms with Gasteiger partial charge in [0.05, 0.1) is 26.4 Å². The van der Waals surface area contributed by atoms with Crippen molar-refractivity contribution in [2.24, 2.45) is 0 Å². The van der Waals surface area contributed by atoms with Gasteiger partial charge in [-0.2, -0.15) is 0 Å². The summed E-state index contributed by atoms with van der Waals surface area (Å²) in [6, 6.07) is 0. The number of aliphatic hydroxyl groups is 4. The van der Waals surface area contributed by atoms with Crippen LogP contribution in [0.4, 0.5) is 0 Å². The second kappa shape index (κ2) is 38.4. The first kappa shape index (κ1) is 35.1. The van der Waals surface area contributed by atoms with Crippen LogP contribution in [0.1, 0.15) is 0 Å². The molecular weight excluding hydrogens is 400 g/mol. The maximum absolute atomic E-state index is 8.35. The van der Waals surface area contributed by atoms with Crippen molar-refractivity contribution in [3.8, 4) is 0 Å². The number of hydrogen-bond acceptors (Lipinski definition) is 8. The molecule has 0 aromatic carbocycles. The molecule has 0 aliphatic rings. The molecule has 0 radical (unpaired) electrons. The topological polar surface area (TPSA) is 129 Å². The monoisotopic (exact) mass is 430 g/mol. The normalized spacial score (nSPS) is 8.87. The van der Waals surface area contributed by atoms with Crippen molar-refractivity contribution in [2.75, 3.05) is 78.8 Å². The minimum atomic E-state index is 0. The number of nitrogens with one attached hydrogen (secondary N) is 4. The summed E-state index contributed by atoms with van der Waals surface area (Å²) in [6.45, 7) is 6.62. The van der Waals surface area contributed by atoms with Crippen molar-refractivity contribution in [3.05, 3.63) is 0 Å². The Morgan fingerprint density at radius 2 is 0.565 bits per heavy atom. The number of aliphatic hydroxyl groups excluding tert-OH is 4. The first-order valence-corrected chi connectivity index (χ1v) is 7.09. The van der Waals surface area contributed by atoms with Gasteiger partial charge in [-0.05, 0) is 0 Å². The first-order chi connectivity index (χ1) is 9.83. The van der Waals surface area contributed by atoms with E-state index in [-0.39, 0.29) is 70.7 Å². The quantitative estimate of drug-likeness (QED) is 0.100. The molecule has 11 heteroatoms. The van der Waals surface area contributed by atoms with Crippen molar-refractivity contribution in [3.63, 3.8) is 0 Å². The Bertz CT molecular complexity index is 139. The number of hydrogen-bond donors (Lipinski definition) is 8. The Kier molecular flexibility index (Phi) is 58.6. The van der Waals surface area contributed by atoms with Gasteiger partial charge in [0.1, 0.15) is 0 Å². The zero-order chi connectivity index (χ0) is 15.3. The third-order valence-corrected chi connectivity index (χ3v) is 2.11. The fourth-order valence-corrected chi connectivity index (χ4v) is 1.17. The molecule has 0 aromatic heterocycles. The molecule has 8 nitrogen and oxygen atoms in total. The van der Waals surface area contributed by atoms with Gasteiger partial charge in [-0.3, -0.25) is 0 Å². The Hall–Kier alpha value is 0.883. The van der Waals surface area contributed by atoms with Crippen molar-refractivity contribution < 1.29 is 64.7 Å². The van der Waals surface area contributed by atoms with E-state index in [1.807, 2.05) is 0 Å². The standard InChI is InChI=1S/2C6H16N2O2.2ClH.Zn/c2*9-5-3-7-1-2-8-4-6-10;;;/h2*7-10H,1-6H2;2*1H;/q;;;;+2/p-2. The third-order valence-electron chi connectivity index (χ3n) is 2.11. The van der Waals surface area contributed by atoms with Gasteiger partial charge in [-0.15, -0.1) is 0 Å². The summed E-state index contributed by atoms with van der Waals surface area (Å²) in [4.78, 5) is 0. The van der Waals surface area contributed by atoms with Gasteiger partial charge in [0.15, 0.2) is 0 Å². The van der Waals surface area contributed by atoms with Crippen LogP contribution in [0.2, 0.25) is 0 Å². The molecule has 0 atom stereocenters. The summed E-state index contributed by atoms with van der Waals surface area (Å²) in [5.41, 5.74) is 0. The van der Waals surface area contributed by atoms with E-state index in [0.29, 0.717) is 26.2 Å².